The molecular weight excluding hydrogens is 260 g/mol. The maximum Gasteiger partial charge on any atom is 0.124 e. The molecule has 21 heavy (non-hydrogen) atoms. The minimum absolute atomic E-state index is 0.409. The summed E-state index contributed by atoms with van der Waals surface area (Å²) in [7, 11) is 0. The van der Waals surface area contributed by atoms with Crippen molar-refractivity contribution < 1.29 is 9.84 Å². The van der Waals surface area contributed by atoms with E-state index in [2.05, 4.69) is 6.92 Å². The third kappa shape index (κ3) is 2.26. The van der Waals surface area contributed by atoms with Crippen LogP contribution in [-0.4, -0.2) is 11.7 Å². The van der Waals surface area contributed by atoms with Crippen LogP contribution in [0, 0.1) is 5.41 Å². The molecule has 0 bridgehead atoms. The average Bonchev–Trinajstić information content (AvgIpc) is 2.56. The highest BCUT2D eigenvalue weighted by atomic mass is 16.5. The highest BCUT2D eigenvalue weighted by molar-refractivity contribution is 5.40. The molecule has 1 N–H and O–H groups in total. The lowest BCUT2D eigenvalue weighted by atomic mass is 9.64. The maximum atomic E-state index is 11.7. The van der Waals surface area contributed by atoms with E-state index in [9.17, 15) is 5.11 Å². The first kappa shape index (κ1) is 13.9. The monoisotopic (exact) mass is 280 g/mol. The topological polar surface area (TPSA) is 29.5 Å². The first-order valence-corrected chi connectivity index (χ1v) is 7.29. The van der Waals surface area contributed by atoms with Crippen molar-refractivity contribution in [2.45, 2.75) is 18.9 Å². The highest BCUT2D eigenvalue weighted by Crippen LogP contribution is 2.49. The molecule has 0 fully saturated rings. The molecule has 0 amide bonds. The second-order valence-electron chi connectivity index (χ2n) is 5.78. The van der Waals surface area contributed by atoms with Crippen LogP contribution in [0.3, 0.4) is 0 Å². The summed E-state index contributed by atoms with van der Waals surface area (Å²) in [6.45, 7) is 2.71. The Bertz CT molecular complexity index is 579. The van der Waals surface area contributed by atoms with Crippen molar-refractivity contribution in [2.75, 3.05) is 6.61 Å². The van der Waals surface area contributed by atoms with Gasteiger partial charge in [0.05, 0.1) is 12.9 Å². The summed E-state index contributed by atoms with van der Waals surface area (Å²) in [6.07, 6.45) is 4.46. The Balaban J connectivity index is 2.21. The lowest BCUT2D eigenvalue weighted by Gasteiger charge is -2.45. The molecule has 0 saturated heterocycles. The van der Waals surface area contributed by atoms with Crippen molar-refractivity contribution in [3.8, 4) is 0 Å². The van der Waals surface area contributed by atoms with Crippen LogP contribution in [0.15, 0.2) is 73.0 Å². The van der Waals surface area contributed by atoms with Gasteiger partial charge in [-0.3, -0.25) is 0 Å². The van der Waals surface area contributed by atoms with Crippen LogP contribution in [0.2, 0.25) is 0 Å². The van der Waals surface area contributed by atoms with Gasteiger partial charge in [0.2, 0.25) is 0 Å². The molecule has 0 saturated carbocycles. The standard InChI is InChI=1S/C19H20O2/c1-18(12-14-21-15-13-18)19(20,16-8-4-2-5-9-16)17-10-6-3-7-11-17/h2-12,14,20H,13,15H2,1H3. The fourth-order valence-corrected chi connectivity index (χ4v) is 3.11. The minimum atomic E-state index is -1.07. The summed E-state index contributed by atoms with van der Waals surface area (Å²) in [4.78, 5) is 0. The predicted octanol–water partition coefficient (Wildman–Crippen LogP) is 3.86. The van der Waals surface area contributed by atoms with Crippen molar-refractivity contribution in [1.29, 1.82) is 0 Å². The molecular formula is C19H20O2. The SMILES string of the molecule is CC1(C(O)(c2ccccc2)c2ccccc2)C=COCC1. The van der Waals surface area contributed by atoms with E-state index in [4.69, 9.17) is 4.74 Å². The minimum Gasteiger partial charge on any atom is -0.501 e. The maximum absolute atomic E-state index is 11.7. The van der Waals surface area contributed by atoms with E-state index in [1.54, 1.807) is 6.26 Å². The molecule has 0 aliphatic carbocycles. The Hall–Kier alpha value is -2.06. The van der Waals surface area contributed by atoms with E-state index in [0.29, 0.717) is 6.61 Å². The molecule has 2 aromatic rings. The first-order chi connectivity index (χ1) is 10.2. The van der Waals surface area contributed by atoms with E-state index in [1.807, 2.05) is 66.7 Å². The van der Waals surface area contributed by atoms with E-state index >= 15 is 0 Å². The zero-order valence-electron chi connectivity index (χ0n) is 12.2. The Morgan fingerprint density at radius 1 is 0.952 bits per heavy atom. The fraction of sp³-hybridized carbons (Fsp3) is 0.263. The van der Waals surface area contributed by atoms with Gasteiger partial charge < -0.3 is 9.84 Å². The number of rotatable bonds is 3. The van der Waals surface area contributed by atoms with Gasteiger partial charge in [0.1, 0.15) is 5.60 Å². The fourth-order valence-electron chi connectivity index (χ4n) is 3.11. The summed E-state index contributed by atoms with van der Waals surface area (Å²) in [5.41, 5.74) is 0.333. The molecule has 0 spiro atoms. The third-order valence-corrected chi connectivity index (χ3v) is 4.48. The first-order valence-electron chi connectivity index (χ1n) is 7.29. The average molecular weight is 280 g/mol. The Kier molecular flexibility index (Phi) is 3.56. The van der Waals surface area contributed by atoms with Gasteiger partial charge in [-0.05, 0) is 23.6 Å². The van der Waals surface area contributed by atoms with E-state index in [-0.39, 0.29) is 0 Å². The van der Waals surface area contributed by atoms with Gasteiger partial charge in [0, 0.05) is 5.41 Å². The number of hydrogen-bond acceptors (Lipinski definition) is 2. The van der Waals surface area contributed by atoms with Crippen molar-refractivity contribution in [3.05, 3.63) is 84.1 Å². The van der Waals surface area contributed by atoms with Crippen LogP contribution >= 0.6 is 0 Å². The van der Waals surface area contributed by atoms with Crippen molar-refractivity contribution in [2.24, 2.45) is 5.41 Å². The van der Waals surface area contributed by atoms with Crippen molar-refractivity contribution in [1.82, 2.24) is 0 Å². The van der Waals surface area contributed by atoms with Gasteiger partial charge in [-0.15, -0.1) is 0 Å². The molecule has 2 aromatic carbocycles. The van der Waals surface area contributed by atoms with Gasteiger partial charge >= 0.3 is 0 Å². The smallest absolute Gasteiger partial charge is 0.124 e. The highest BCUT2D eigenvalue weighted by Gasteiger charge is 2.48. The van der Waals surface area contributed by atoms with Crippen LogP contribution < -0.4 is 0 Å². The quantitative estimate of drug-likeness (QED) is 0.925. The van der Waals surface area contributed by atoms with Gasteiger partial charge in [-0.1, -0.05) is 67.6 Å². The van der Waals surface area contributed by atoms with Crippen LogP contribution in [-0.2, 0) is 10.3 Å². The van der Waals surface area contributed by atoms with Crippen LogP contribution in [0.4, 0.5) is 0 Å². The van der Waals surface area contributed by atoms with Gasteiger partial charge in [-0.25, -0.2) is 0 Å². The summed E-state index contributed by atoms with van der Waals surface area (Å²) in [5.74, 6) is 0. The molecule has 1 aliphatic heterocycles. The van der Waals surface area contributed by atoms with E-state index in [1.165, 1.54) is 0 Å². The normalized spacial score (nSPS) is 21.8. The van der Waals surface area contributed by atoms with Gasteiger partial charge in [0.15, 0.2) is 0 Å². The Morgan fingerprint density at radius 3 is 1.90 bits per heavy atom. The van der Waals surface area contributed by atoms with Gasteiger partial charge in [0.25, 0.3) is 0 Å². The molecule has 1 unspecified atom stereocenters. The second-order valence-corrected chi connectivity index (χ2v) is 5.78. The molecule has 2 nitrogen and oxygen atoms in total. The van der Waals surface area contributed by atoms with Crippen LogP contribution in [0.25, 0.3) is 0 Å². The Morgan fingerprint density at radius 2 is 1.48 bits per heavy atom. The Labute approximate surface area is 125 Å². The summed E-state index contributed by atoms with van der Waals surface area (Å²) < 4.78 is 5.34. The summed E-state index contributed by atoms with van der Waals surface area (Å²) in [6, 6.07) is 19.8. The number of hydrogen-bond donors (Lipinski definition) is 1. The number of benzene rings is 2. The van der Waals surface area contributed by atoms with E-state index < -0.39 is 11.0 Å². The van der Waals surface area contributed by atoms with E-state index in [0.717, 1.165) is 17.5 Å². The molecule has 0 aromatic heterocycles. The van der Waals surface area contributed by atoms with Crippen molar-refractivity contribution >= 4 is 0 Å². The largest absolute Gasteiger partial charge is 0.501 e. The second kappa shape index (κ2) is 5.38. The lowest BCUT2D eigenvalue weighted by molar-refractivity contribution is -0.0408. The molecule has 2 heteroatoms. The van der Waals surface area contributed by atoms with Gasteiger partial charge in [-0.2, -0.15) is 0 Å². The zero-order valence-corrected chi connectivity index (χ0v) is 12.2. The molecule has 0 radical (unpaired) electrons. The predicted molar refractivity (Wildman–Crippen MR) is 83.7 cm³/mol. The van der Waals surface area contributed by atoms with Crippen molar-refractivity contribution in [3.63, 3.8) is 0 Å². The molecule has 1 aliphatic rings. The third-order valence-electron chi connectivity index (χ3n) is 4.48. The number of aliphatic hydroxyl groups is 1. The summed E-state index contributed by atoms with van der Waals surface area (Å²) >= 11 is 0. The van der Waals surface area contributed by atoms with Crippen LogP contribution in [0.5, 0.6) is 0 Å². The molecule has 3 rings (SSSR count). The number of ether oxygens (including phenoxy) is 1. The lowest BCUT2D eigenvalue weighted by Crippen LogP contribution is -2.45. The molecule has 1 heterocycles. The summed E-state index contributed by atoms with van der Waals surface area (Å²) in [5, 5.41) is 11.7. The molecule has 108 valence electrons. The zero-order chi connectivity index (χ0) is 14.8. The van der Waals surface area contributed by atoms with Crippen LogP contribution in [0.1, 0.15) is 24.5 Å². The molecule has 1 atom stereocenters.